The molecule has 178 valence electrons. The Hall–Kier alpha value is -4.05. The molecule has 0 radical (unpaired) electrons. The number of nitrogens with zero attached hydrogens (tertiary/aromatic N) is 2. The lowest BCUT2D eigenvalue weighted by atomic mass is 10.2. The number of anilines is 1. The zero-order valence-corrected chi connectivity index (χ0v) is 19.5. The van der Waals surface area contributed by atoms with Gasteiger partial charge in [-0.1, -0.05) is 36.4 Å². The minimum atomic E-state index is -4.10. The minimum Gasteiger partial charge on any atom is -0.504 e. The second-order valence-electron chi connectivity index (χ2n) is 6.92. The van der Waals surface area contributed by atoms with E-state index in [1.54, 1.807) is 67.6 Å². The van der Waals surface area contributed by atoms with Gasteiger partial charge in [0.05, 0.1) is 30.5 Å². The molecule has 9 nitrogen and oxygen atoms in total. The number of benzene rings is 3. The van der Waals surface area contributed by atoms with Crippen molar-refractivity contribution in [2.75, 3.05) is 24.6 Å². The number of phenolic OH excluding ortho intramolecular Hbond substituents is 1. The van der Waals surface area contributed by atoms with E-state index in [4.69, 9.17) is 9.47 Å². The van der Waals surface area contributed by atoms with E-state index >= 15 is 0 Å². The maximum Gasteiger partial charge on any atom is 0.264 e. The van der Waals surface area contributed by atoms with E-state index in [1.807, 2.05) is 0 Å². The Morgan fingerprint density at radius 3 is 2.41 bits per heavy atom. The first-order valence-electron chi connectivity index (χ1n) is 10.4. The molecule has 34 heavy (non-hydrogen) atoms. The van der Waals surface area contributed by atoms with E-state index in [0.717, 1.165) is 4.31 Å². The van der Waals surface area contributed by atoms with Gasteiger partial charge in [-0.2, -0.15) is 5.10 Å². The number of nitrogens with one attached hydrogen (secondary N) is 1. The zero-order valence-electron chi connectivity index (χ0n) is 18.7. The number of aromatic hydroxyl groups is 1. The van der Waals surface area contributed by atoms with Crippen LogP contribution in [0.5, 0.6) is 17.2 Å². The van der Waals surface area contributed by atoms with Crippen molar-refractivity contribution < 1.29 is 27.8 Å². The summed E-state index contributed by atoms with van der Waals surface area (Å²) in [5.74, 6) is -0.253. The van der Waals surface area contributed by atoms with Crippen molar-refractivity contribution in [2.45, 2.75) is 11.8 Å². The Morgan fingerprint density at radius 2 is 1.71 bits per heavy atom. The molecule has 0 aliphatic heterocycles. The summed E-state index contributed by atoms with van der Waals surface area (Å²) >= 11 is 0. The van der Waals surface area contributed by atoms with Crippen LogP contribution in [0.25, 0.3) is 0 Å². The molecule has 0 bridgehead atoms. The van der Waals surface area contributed by atoms with Crippen LogP contribution in [0, 0.1) is 0 Å². The lowest BCUT2D eigenvalue weighted by Gasteiger charge is -2.25. The van der Waals surface area contributed by atoms with Gasteiger partial charge in [0.25, 0.3) is 15.9 Å². The molecule has 0 aromatic heterocycles. The molecule has 2 N–H and O–H groups in total. The lowest BCUT2D eigenvalue weighted by molar-refractivity contribution is -0.119. The number of carbonyl (C=O) groups excluding carboxylic acids is 1. The Morgan fingerprint density at radius 1 is 1.03 bits per heavy atom. The van der Waals surface area contributed by atoms with E-state index in [-0.39, 0.29) is 22.1 Å². The number of hydrazone groups is 1. The third-order valence-corrected chi connectivity index (χ3v) is 6.47. The van der Waals surface area contributed by atoms with Gasteiger partial charge in [-0.25, -0.2) is 13.8 Å². The van der Waals surface area contributed by atoms with Gasteiger partial charge in [0, 0.05) is 5.56 Å². The molecule has 0 saturated heterocycles. The fourth-order valence-electron chi connectivity index (χ4n) is 3.11. The molecule has 3 rings (SSSR count). The summed E-state index contributed by atoms with van der Waals surface area (Å²) in [6, 6.07) is 19.2. The average molecular weight is 484 g/mol. The molecule has 1 amide bonds. The van der Waals surface area contributed by atoms with Crippen LogP contribution >= 0.6 is 0 Å². The number of hydrogen-bond acceptors (Lipinski definition) is 7. The molecular weight excluding hydrogens is 458 g/mol. The summed E-state index contributed by atoms with van der Waals surface area (Å²) in [6.07, 6.45) is 1.24. The van der Waals surface area contributed by atoms with E-state index in [0.29, 0.717) is 17.9 Å². The largest absolute Gasteiger partial charge is 0.504 e. The number of methoxy groups -OCH3 is 1. The summed E-state index contributed by atoms with van der Waals surface area (Å²) in [5.41, 5.74) is 2.84. The van der Waals surface area contributed by atoms with E-state index in [2.05, 4.69) is 10.5 Å². The topological polar surface area (TPSA) is 118 Å². The smallest absolute Gasteiger partial charge is 0.264 e. The predicted octanol–water partition coefficient (Wildman–Crippen LogP) is 3.15. The van der Waals surface area contributed by atoms with Crippen molar-refractivity contribution in [3.63, 3.8) is 0 Å². The number of carbonyl (C=O) groups is 1. The summed E-state index contributed by atoms with van der Waals surface area (Å²) in [7, 11) is -2.68. The first-order valence-corrected chi connectivity index (χ1v) is 11.8. The summed E-state index contributed by atoms with van der Waals surface area (Å²) in [6.45, 7) is 1.54. The number of para-hydroxylation sites is 3. The van der Waals surface area contributed by atoms with Crippen LogP contribution in [-0.4, -0.2) is 45.9 Å². The van der Waals surface area contributed by atoms with Gasteiger partial charge in [-0.15, -0.1) is 0 Å². The molecule has 0 fully saturated rings. The van der Waals surface area contributed by atoms with Crippen molar-refractivity contribution >= 4 is 27.8 Å². The van der Waals surface area contributed by atoms with Crippen molar-refractivity contribution in [3.8, 4) is 17.2 Å². The number of ether oxygens (including phenoxy) is 2. The van der Waals surface area contributed by atoms with E-state index < -0.39 is 22.5 Å². The molecule has 0 atom stereocenters. The maximum absolute atomic E-state index is 13.4. The first kappa shape index (κ1) is 24.6. The third-order valence-electron chi connectivity index (χ3n) is 4.70. The maximum atomic E-state index is 13.4. The van der Waals surface area contributed by atoms with Crippen LogP contribution in [0.4, 0.5) is 5.69 Å². The van der Waals surface area contributed by atoms with E-state index in [1.165, 1.54) is 25.5 Å². The van der Waals surface area contributed by atoms with Gasteiger partial charge in [0.15, 0.2) is 11.5 Å². The molecule has 3 aromatic carbocycles. The van der Waals surface area contributed by atoms with Gasteiger partial charge in [0.1, 0.15) is 12.3 Å². The van der Waals surface area contributed by atoms with Crippen LogP contribution in [0.1, 0.15) is 12.5 Å². The quantitative estimate of drug-likeness (QED) is 0.338. The molecule has 3 aromatic rings. The zero-order chi connectivity index (χ0) is 24.6. The standard InChI is InChI=1S/C24H25N3O6S/c1-3-33-21-14-8-7-13-20(21)27(34(30,31)19-11-5-4-6-12-19)17-23(28)26-25-16-18-10-9-15-22(32-2)24(18)29/h4-16,29H,3,17H2,1-2H3,(H,26,28)/b25-16-. The van der Waals surface area contributed by atoms with Crippen molar-refractivity contribution in [2.24, 2.45) is 5.10 Å². The summed E-state index contributed by atoms with van der Waals surface area (Å²) < 4.78 is 38.5. The number of phenols is 1. The summed E-state index contributed by atoms with van der Waals surface area (Å²) in [4.78, 5) is 12.7. The van der Waals surface area contributed by atoms with Gasteiger partial charge in [-0.05, 0) is 43.3 Å². The third kappa shape index (κ3) is 5.65. The highest BCUT2D eigenvalue weighted by atomic mass is 32.2. The first-order chi connectivity index (χ1) is 16.4. The molecule has 0 aliphatic rings. The number of amides is 1. The highest BCUT2D eigenvalue weighted by Gasteiger charge is 2.29. The SMILES string of the molecule is CCOc1ccccc1N(CC(=O)N/N=C\c1cccc(OC)c1O)S(=O)(=O)c1ccccc1. The Balaban J connectivity index is 1.88. The fourth-order valence-corrected chi connectivity index (χ4v) is 4.56. The minimum absolute atomic E-state index is 0.0268. The number of sulfonamides is 1. The van der Waals surface area contributed by atoms with Crippen LogP contribution in [0.2, 0.25) is 0 Å². The molecule has 0 unspecified atom stereocenters. The number of rotatable bonds is 10. The predicted molar refractivity (Wildman–Crippen MR) is 129 cm³/mol. The van der Waals surface area contributed by atoms with Gasteiger partial charge >= 0.3 is 0 Å². The lowest BCUT2D eigenvalue weighted by Crippen LogP contribution is -2.39. The molecule has 10 heteroatoms. The van der Waals surface area contributed by atoms with E-state index in [9.17, 15) is 18.3 Å². The fraction of sp³-hybridized carbons (Fsp3) is 0.167. The monoisotopic (exact) mass is 483 g/mol. The average Bonchev–Trinajstić information content (AvgIpc) is 2.85. The van der Waals surface area contributed by atoms with Crippen LogP contribution < -0.4 is 19.2 Å². The van der Waals surface area contributed by atoms with Crippen LogP contribution in [-0.2, 0) is 14.8 Å². The Bertz CT molecular complexity index is 1260. The van der Waals surface area contributed by atoms with Gasteiger partial charge < -0.3 is 14.6 Å². The second kappa shape index (κ2) is 11.2. The van der Waals surface area contributed by atoms with Crippen LogP contribution in [0.3, 0.4) is 0 Å². The van der Waals surface area contributed by atoms with Crippen molar-refractivity contribution in [1.82, 2.24) is 5.43 Å². The molecule has 0 aliphatic carbocycles. The number of hydrogen-bond donors (Lipinski definition) is 2. The Kier molecular flexibility index (Phi) is 8.10. The van der Waals surface area contributed by atoms with Crippen molar-refractivity contribution in [1.29, 1.82) is 0 Å². The van der Waals surface area contributed by atoms with Gasteiger partial charge in [0.2, 0.25) is 0 Å². The molecular formula is C24H25N3O6S. The molecule has 0 spiro atoms. The highest BCUT2D eigenvalue weighted by Crippen LogP contribution is 2.32. The van der Waals surface area contributed by atoms with Crippen molar-refractivity contribution in [3.05, 3.63) is 78.4 Å². The highest BCUT2D eigenvalue weighted by molar-refractivity contribution is 7.92. The van der Waals surface area contributed by atoms with Crippen LogP contribution in [0.15, 0.2) is 82.8 Å². The second-order valence-corrected chi connectivity index (χ2v) is 8.78. The molecule has 0 heterocycles. The normalized spacial score (nSPS) is 11.2. The Labute approximate surface area is 198 Å². The molecule has 0 saturated carbocycles. The van der Waals surface area contributed by atoms with Gasteiger partial charge in [-0.3, -0.25) is 9.10 Å². The summed E-state index contributed by atoms with van der Waals surface area (Å²) in [5, 5.41) is 14.0.